The third-order valence-electron chi connectivity index (χ3n) is 3.10. The van der Waals surface area contributed by atoms with Crippen molar-refractivity contribution in [1.82, 2.24) is 0 Å². The molecule has 0 amide bonds. The monoisotopic (exact) mass is 252 g/mol. The van der Waals surface area contributed by atoms with Crippen molar-refractivity contribution in [3.63, 3.8) is 0 Å². The summed E-state index contributed by atoms with van der Waals surface area (Å²) >= 11 is 0. The molecule has 2 aromatic carbocycles. The highest BCUT2D eigenvalue weighted by molar-refractivity contribution is 5.69. The molecule has 2 aromatic rings. The van der Waals surface area contributed by atoms with Gasteiger partial charge in [0.25, 0.3) is 0 Å². The molecule has 98 valence electrons. The molecule has 0 fully saturated rings. The molecule has 1 heteroatoms. The second kappa shape index (κ2) is 6.79. The van der Waals surface area contributed by atoms with E-state index < -0.39 is 0 Å². The molecule has 0 aliphatic rings. The highest BCUT2D eigenvalue weighted by Crippen LogP contribution is 2.14. The maximum Gasteiger partial charge on any atom is 0.118 e. The number of hydrogen-bond donors (Lipinski definition) is 0. The number of methoxy groups -OCH3 is 1. The summed E-state index contributed by atoms with van der Waals surface area (Å²) in [6, 6.07) is 16.8. The van der Waals surface area contributed by atoms with Gasteiger partial charge in [-0.1, -0.05) is 61.9 Å². The number of ether oxygens (including phenoxy) is 1. The zero-order valence-electron chi connectivity index (χ0n) is 11.6. The van der Waals surface area contributed by atoms with Crippen LogP contribution in [-0.2, 0) is 6.42 Å². The summed E-state index contributed by atoms with van der Waals surface area (Å²) in [4.78, 5) is 0. The molecule has 0 saturated heterocycles. The zero-order chi connectivity index (χ0) is 13.5. The van der Waals surface area contributed by atoms with Crippen LogP contribution >= 0.6 is 0 Å². The van der Waals surface area contributed by atoms with Gasteiger partial charge in [-0.25, -0.2) is 0 Å². The molecule has 0 heterocycles. The third-order valence-corrected chi connectivity index (χ3v) is 3.10. The Bertz CT molecular complexity index is 521. The topological polar surface area (TPSA) is 9.23 Å². The van der Waals surface area contributed by atoms with Crippen molar-refractivity contribution in [3.8, 4) is 5.75 Å². The minimum Gasteiger partial charge on any atom is -0.497 e. The van der Waals surface area contributed by atoms with Gasteiger partial charge in [0.15, 0.2) is 0 Å². The van der Waals surface area contributed by atoms with Crippen molar-refractivity contribution < 1.29 is 4.74 Å². The average Bonchev–Trinajstić information content (AvgIpc) is 2.47. The van der Waals surface area contributed by atoms with Crippen LogP contribution in [0.3, 0.4) is 0 Å². The van der Waals surface area contributed by atoms with E-state index in [-0.39, 0.29) is 0 Å². The Morgan fingerprint density at radius 1 is 0.842 bits per heavy atom. The first-order chi connectivity index (χ1) is 9.31. The minimum atomic E-state index is 0.890. The van der Waals surface area contributed by atoms with Crippen molar-refractivity contribution in [3.05, 3.63) is 65.2 Å². The molecule has 0 aliphatic carbocycles. The molecule has 0 N–H and O–H groups in total. The van der Waals surface area contributed by atoms with E-state index in [1.807, 2.05) is 12.1 Å². The molecular weight excluding hydrogens is 232 g/mol. The fourth-order valence-corrected chi connectivity index (χ4v) is 1.99. The SMILES string of the molecule is CCCc1ccc(/C=C/c2ccc(OC)cc2)cc1. The van der Waals surface area contributed by atoms with Gasteiger partial charge in [-0.2, -0.15) is 0 Å². The van der Waals surface area contributed by atoms with Gasteiger partial charge in [0, 0.05) is 0 Å². The number of benzene rings is 2. The van der Waals surface area contributed by atoms with Crippen LogP contribution in [0.1, 0.15) is 30.0 Å². The summed E-state index contributed by atoms with van der Waals surface area (Å²) in [5.74, 6) is 0.890. The maximum atomic E-state index is 5.14. The molecular formula is C18H20O. The zero-order valence-corrected chi connectivity index (χ0v) is 11.6. The third kappa shape index (κ3) is 3.99. The summed E-state index contributed by atoms with van der Waals surface area (Å²) < 4.78 is 5.14. The van der Waals surface area contributed by atoms with Crippen molar-refractivity contribution in [2.24, 2.45) is 0 Å². The summed E-state index contributed by atoms with van der Waals surface area (Å²) in [6.07, 6.45) is 6.61. The standard InChI is InChI=1S/C18H20O/c1-3-4-15-5-7-16(8-6-15)9-10-17-11-13-18(19-2)14-12-17/h5-14H,3-4H2,1-2H3/b10-9+. The molecule has 0 unspecified atom stereocenters. The van der Waals surface area contributed by atoms with Crippen LogP contribution < -0.4 is 4.74 Å². The van der Waals surface area contributed by atoms with Crippen LogP contribution in [0.5, 0.6) is 5.75 Å². The lowest BCUT2D eigenvalue weighted by molar-refractivity contribution is 0.415. The predicted octanol–water partition coefficient (Wildman–Crippen LogP) is 4.82. The molecule has 0 atom stereocenters. The van der Waals surface area contributed by atoms with Gasteiger partial charge in [0.1, 0.15) is 5.75 Å². The quantitative estimate of drug-likeness (QED) is 0.693. The molecule has 0 aromatic heterocycles. The van der Waals surface area contributed by atoms with Crippen LogP contribution in [0, 0.1) is 0 Å². The molecule has 0 radical (unpaired) electrons. The molecule has 0 spiro atoms. The van der Waals surface area contributed by atoms with Crippen LogP contribution in [0.4, 0.5) is 0 Å². The summed E-state index contributed by atoms with van der Waals surface area (Å²) in [5.41, 5.74) is 3.82. The minimum absolute atomic E-state index is 0.890. The smallest absolute Gasteiger partial charge is 0.118 e. The van der Waals surface area contributed by atoms with Gasteiger partial charge in [-0.05, 0) is 35.2 Å². The van der Waals surface area contributed by atoms with Gasteiger partial charge in [0.2, 0.25) is 0 Å². The van der Waals surface area contributed by atoms with Crippen molar-refractivity contribution in [1.29, 1.82) is 0 Å². The molecule has 2 rings (SSSR count). The van der Waals surface area contributed by atoms with Crippen molar-refractivity contribution >= 4 is 12.2 Å². The van der Waals surface area contributed by atoms with E-state index in [0.29, 0.717) is 0 Å². The fourth-order valence-electron chi connectivity index (χ4n) is 1.99. The summed E-state index contributed by atoms with van der Waals surface area (Å²) in [5, 5.41) is 0. The van der Waals surface area contributed by atoms with E-state index >= 15 is 0 Å². The molecule has 0 aliphatic heterocycles. The number of hydrogen-bond acceptors (Lipinski definition) is 1. The van der Waals surface area contributed by atoms with Crippen molar-refractivity contribution in [2.45, 2.75) is 19.8 Å². The Hall–Kier alpha value is -2.02. The first-order valence-electron chi connectivity index (χ1n) is 6.73. The van der Waals surface area contributed by atoms with E-state index in [9.17, 15) is 0 Å². The van der Waals surface area contributed by atoms with E-state index in [1.165, 1.54) is 23.1 Å². The first-order valence-corrected chi connectivity index (χ1v) is 6.73. The Balaban J connectivity index is 2.04. The molecule has 1 nitrogen and oxygen atoms in total. The fraction of sp³-hybridized carbons (Fsp3) is 0.222. The first kappa shape index (κ1) is 13.4. The Kier molecular flexibility index (Phi) is 4.79. The lowest BCUT2D eigenvalue weighted by atomic mass is 10.1. The Morgan fingerprint density at radius 3 is 1.84 bits per heavy atom. The normalized spacial score (nSPS) is 10.8. The van der Waals surface area contributed by atoms with Gasteiger partial charge >= 0.3 is 0 Å². The molecule has 0 bridgehead atoms. The summed E-state index contributed by atoms with van der Waals surface area (Å²) in [6.45, 7) is 2.21. The van der Waals surface area contributed by atoms with E-state index in [1.54, 1.807) is 7.11 Å². The van der Waals surface area contributed by atoms with Gasteiger partial charge in [-0.15, -0.1) is 0 Å². The van der Waals surface area contributed by atoms with Gasteiger partial charge < -0.3 is 4.74 Å². The maximum absolute atomic E-state index is 5.14. The largest absolute Gasteiger partial charge is 0.497 e. The Labute approximate surface area is 115 Å². The second-order valence-electron chi connectivity index (χ2n) is 4.60. The van der Waals surface area contributed by atoms with Crippen LogP contribution in [0.15, 0.2) is 48.5 Å². The van der Waals surface area contributed by atoms with E-state index in [2.05, 4.69) is 55.5 Å². The van der Waals surface area contributed by atoms with Crippen LogP contribution in [0.25, 0.3) is 12.2 Å². The number of rotatable bonds is 5. The number of aryl methyl sites for hydroxylation is 1. The Morgan fingerprint density at radius 2 is 1.37 bits per heavy atom. The lowest BCUT2D eigenvalue weighted by Gasteiger charge is -2.00. The highest BCUT2D eigenvalue weighted by Gasteiger charge is 1.92. The second-order valence-corrected chi connectivity index (χ2v) is 4.60. The van der Waals surface area contributed by atoms with E-state index in [4.69, 9.17) is 4.74 Å². The summed E-state index contributed by atoms with van der Waals surface area (Å²) in [7, 11) is 1.68. The lowest BCUT2D eigenvalue weighted by Crippen LogP contribution is -1.82. The molecule has 0 saturated carbocycles. The van der Waals surface area contributed by atoms with Crippen LogP contribution in [0.2, 0.25) is 0 Å². The average molecular weight is 252 g/mol. The van der Waals surface area contributed by atoms with Crippen molar-refractivity contribution in [2.75, 3.05) is 7.11 Å². The molecule has 19 heavy (non-hydrogen) atoms. The van der Waals surface area contributed by atoms with Crippen LogP contribution in [-0.4, -0.2) is 7.11 Å². The highest BCUT2D eigenvalue weighted by atomic mass is 16.5. The van der Waals surface area contributed by atoms with Gasteiger partial charge in [-0.3, -0.25) is 0 Å². The van der Waals surface area contributed by atoms with E-state index in [0.717, 1.165) is 12.2 Å². The predicted molar refractivity (Wildman–Crippen MR) is 82.4 cm³/mol. The van der Waals surface area contributed by atoms with Gasteiger partial charge in [0.05, 0.1) is 7.11 Å².